The number of H-pyrrole nitrogens is 1. The number of nitrogens with one attached hydrogen (secondary N) is 1. The number of fused-ring (bicyclic) bond motifs is 2. The van der Waals surface area contributed by atoms with E-state index in [1.807, 2.05) is 4.90 Å². The zero-order valence-corrected chi connectivity index (χ0v) is 15.3. The Kier molecular flexibility index (Phi) is 3.47. The standard InChI is InChI=1S/C18H21N5O2S/c19-17-20-8-12(26-17)16(25)23-7-1-5-18(9-23)6-4-11-13(18)21-14(10-2-3-10)22-15(11)24/h8,10H,1-7,9H2,(H2,19,20)(H,21,22,24). The fourth-order valence-electron chi connectivity index (χ4n) is 4.46. The molecule has 3 heterocycles. The predicted molar refractivity (Wildman–Crippen MR) is 98.5 cm³/mol. The number of carbonyl (C=O) groups excluding carboxylic acids is 1. The number of anilines is 1. The Morgan fingerprint density at radius 3 is 2.96 bits per heavy atom. The summed E-state index contributed by atoms with van der Waals surface area (Å²) in [6.07, 6.45) is 7.31. The van der Waals surface area contributed by atoms with Crippen molar-refractivity contribution in [2.75, 3.05) is 18.8 Å². The molecule has 2 aromatic rings. The van der Waals surface area contributed by atoms with Crippen molar-refractivity contribution < 1.29 is 4.79 Å². The van der Waals surface area contributed by atoms with Crippen LogP contribution in [0.5, 0.6) is 0 Å². The summed E-state index contributed by atoms with van der Waals surface area (Å²) in [7, 11) is 0. The normalized spacial score (nSPS) is 24.8. The third-order valence-corrected chi connectivity index (χ3v) is 6.77. The summed E-state index contributed by atoms with van der Waals surface area (Å²) in [5.41, 5.74) is 7.29. The largest absolute Gasteiger partial charge is 0.375 e. The van der Waals surface area contributed by atoms with Gasteiger partial charge in [-0.3, -0.25) is 9.59 Å². The molecular weight excluding hydrogens is 350 g/mol. The third kappa shape index (κ3) is 2.46. The highest BCUT2D eigenvalue weighted by molar-refractivity contribution is 7.17. The first-order valence-corrected chi connectivity index (χ1v) is 10.0. The molecule has 8 heteroatoms. The van der Waals surface area contributed by atoms with Gasteiger partial charge in [0.15, 0.2) is 5.13 Å². The topological polar surface area (TPSA) is 105 Å². The second-order valence-electron chi connectivity index (χ2n) is 7.73. The van der Waals surface area contributed by atoms with E-state index in [1.54, 1.807) is 6.20 Å². The quantitative estimate of drug-likeness (QED) is 0.838. The van der Waals surface area contributed by atoms with Crippen molar-refractivity contribution in [1.82, 2.24) is 19.9 Å². The number of aromatic nitrogens is 3. The number of aromatic amines is 1. The molecule has 1 saturated heterocycles. The molecule has 136 valence electrons. The first kappa shape index (κ1) is 16.0. The molecule has 1 spiro atoms. The fourth-order valence-corrected chi connectivity index (χ4v) is 5.12. The molecule has 0 radical (unpaired) electrons. The van der Waals surface area contributed by atoms with Gasteiger partial charge in [-0.25, -0.2) is 9.97 Å². The van der Waals surface area contributed by atoms with Crippen molar-refractivity contribution in [3.63, 3.8) is 0 Å². The molecule has 0 aromatic carbocycles. The molecule has 5 rings (SSSR count). The maximum absolute atomic E-state index is 12.9. The molecule has 0 bridgehead atoms. The first-order chi connectivity index (χ1) is 12.6. The van der Waals surface area contributed by atoms with Crippen LogP contribution in [0.25, 0.3) is 0 Å². The summed E-state index contributed by atoms with van der Waals surface area (Å²) in [5.74, 6) is 1.24. The Bertz CT molecular complexity index is 947. The average molecular weight is 371 g/mol. The number of thiazole rings is 1. The number of hydrogen-bond donors (Lipinski definition) is 2. The van der Waals surface area contributed by atoms with E-state index in [4.69, 9.17) is 10.7 Å². The lowest BCUT2D eigenvalue weighted by atomic mass is 9.77. The molecule has 1 atom stereocenters. The van der Waals surface area contributed by atoms with Crippen LogP contribution in [0.2, 0.25) is 0 Å². The van der Waals surface area contributed by atoms with Crippen LogP contribution in [0.4, 0.5) is 5.13 Å². The van der Waals surface area contributed by atoms with Gasteiger partial charge in [-0.1, -0.05) is 11.3 Å². The van der Waals surface area contributed by atoms with Gasteiger partial charge in [0, 0.05) is 30.0 Å². The van der Waals surface area contributed by atoms with E-state index in [-0.39, 0.29) is 16.9 Å². The second-order valence-corrected chi connectivity index (χ2v) is 8.79. The zero-order valence-electron chi connectivity index (χ0n) is 14.5. The maximum Gasteiger partial charge on any atom is 0.265 e. The van der Waals surface area contributed by atoms with E-state index in [1.165, 1.54) is 11.3 Å². The predicted octanol–water partition coefficient (Wildman–Crippen LogP) is 1.81. The highest BCUT2D eigenvalue weighted by Gasteiger charge is 2.46. The van der Waals surface area contributed by atoms with Crippen LogP contribution in [0.1, 0.15) is 64.8 Å². The highest BCUT2D eigenvalue weighted by atomic mass is 32.1. The first-order valence-electron chi connectivity index (χ1n) is 9.20. The van der Waals surface area contributed by atoms with Crippen molar-refractivity contribution >= 4 is 22.4 Å². The lowest BCUT2D eigenvalue weighted by molar-refractivity contribution is 0.0638. The zero-order chi connectivity index (χ0) is 17.9. The summed E-state index contributed by atoms with van der Waals surface area (Å²) >= 11 is 1.23. The average Bonchev–Trinajstić information content (AvgIpc) is 3.32. The molecule has 1 aliphatic heterocycles. The Morgan fingerprint density at radius 1 is 1.38 bits per heavy atom. The molecule has 3 aliphatic rings. The number of hydrogen-bond acceptors (Lipinski definition) is 6. The van der Waals surface area contributed by atoms with Gasteiger partial charge in [0.25, 0.3) is 11.5 Å². The number of amides is 1. The molecule has 2 aromatic heterocycles. The van der Waals surface area contributed by atoms with E-state index >= 15 is 0 Å². The maximum atomic E-state index is 12.9. The number of piperidine rings is 1. The Hall–Kier alpha value is -2.22. The number of nitrogen functional groups attached to an aromatic ring is 1. The molecule has 1 saturated carbocycles. The number of rotatable bonds is 2. The van der Waals surface area contributed by atoms with Crippen LogP contribution in [-0.2, 0) is 11.8 Å². The van der Waals surface area contributed by atoms with Gasteiger partial charge in [0.1, 0.15) is 10.7 Å². The number of nitrogens with two attached hydrogens (primary N) is 1. The molecule has 7 nitrogen and oxygen atoms in total. The van der Waals surface area contributed by atoms with Crippen LogP contribution >= 0.6 is 11.3 Å². The number of likely N-dealkylation sites (tertiary alicyclic amines) is 1. The van der Waals surface area contributed by atoms with Crippen LogP contribution in [0.3, 0.4) is 0 Å². The molecule has 26 heavy (non-hydrogen) atoms. The van der Waals surface area contributed by atoms with Gasteiger partial charge < -0.3 is 15.6 Å². The van der Waals surface area contributed by atoms with Crippen molar-refractivity contribution in [3.05, 3.63) is 38.5 Å². The van der Waals surface area contributed by atoms with Gasteiger partial charge in [-0.15, -0.1) is 0 Å². The van der Waals surface area contributed by atoms with E-state index in [0.29, 0.717) is 22.5 Å². The molecule has 2 aliphatic carbocycles. The lowest BCUT2D eigenvalue weighted by Gasteiger charge is -2.40. The minimum Gasteiger partial charge on any atom is -0.375 e. The van der Waals surface area contributed by atoms with Crippen molar-refractivity contribution in [2.24, 2.45) is 0 Å². The van der Waals surface area contributed by atoms with Crippen molar-refractivity contribution in [1.29, 1.82) is 0 Å². The summed E-state index contributed by atoms with van der Waals surface area (Å²) in [4.78, 5) is 39.8. The molecule has 3 N–H and O–H groups in total. The van der Waals surface area contributed by atoms with Crippen LogP contribution in [0.15, 0.2) is 11.0 Å². The number of nitrogens with zero attached hydrogens (tertiary/aromatic N) is 3. The smallest absolute Gasteiger partial charge is 0.265 e. The molecule has 1 amide bonds. The Morgan fingerprint density at radius 2 is 2.23 bits per heavy atom. The molecular formula is C18H21N5O2S. The minimum absolute atomic E-state index is 0.0148. The summed E-state index contributed by atoms with van der Waals surface area (Å²) in [5, 5.41) is 0.411. The SMILES string of the molecule is Nc1ncc(C(=O)N2CCCC3(CCc4c3nc(C3CC3)[nH]c4=O)C2)s1. The monoisotopic (exact) mass is 371 g/mol. The minimum atomic E-state index is -0.183. The fraction of sp³-hybridized carbons (Fsp3) is 0.556. The second kappa shape index (κ2) is 5.64. The van der Waals surface area contributed by atoms with E-state index in [0.717, 1.165) is 62.2 Å². The molecule has 1 unspecified atom stereocenters. The van der Waals surface area contributed by atoms with Gasteiger partial charge in [-0.2, -0.15) is 0 Å². The summed E-state index contributed by atoms with van der Waals surface area (Å²) < 4.78 is 0. The van der Waals surface area contributed by atoms with Crippen LogP contribution in [-0.4, -0.2) is 38.8 Å². The highest BCUT2D eigenvalue weighted by Crippen LogP contribution is 2.45. The van der Waals surface area contributed by atoms with Crippen LogP contribution in [0, 0.1) is 0 Å². The van der Waals surface area contributed by atoms with Crippen LogP contribution < -0.4 is 11.3 Å². The van der Waals surface area contributed by atoms with Gasteiger partial charge >= 0.3 is 0 Å². The van der Waals surface area contributed by atoms with Crippen molar-refractivity contribution in [3.8, 4) is 0 Å². The van der Waals surface area contributed by atoms with E-state index in [2.05, 4.69) is 9.97 Å². The van der Waals surface area contributed by atoms with Gasteiger partial charge in [0.05, 0.1) is 11.9 Å². The Labute approximate surface area is 154 Å². The van der Waals surface area contributed by atoms with Crippen molar-refractivity contribution in [2.45, 2.75) is 49.9 Å². The number of carbonyl (C=O) groups is 1. The summed E-state index contributed by atoms with van der Waals surface area (Å²) in [6.45, 7) is 1.35. The third-order valence-electron chi connectivity index (χ3n) is 5.95. The molecule has 2 fully saturated rings. The van der Waals surface area contributed by atoms with Gasteiger partial charge in [0.2, 0.25) is 0 Å². The van der Waals surface area contributed by atoms with E-state index < -0.39 is 0 Å². The van der Waals surface area contributed by atoms with E-state index in [9.17, 15) is 9.59 Å². The summed E-state index contributed by atoms with van der Waals surface area (Å²) in [6, 6.07) is 0. The lowest BCUT2D eigenvalue weighted by Crippen LogP contribution is -2.48. The Balaban J connectivity index is 1.49. The van der Waals surface area contributed by atoms with Gasteiger partial charge in [-0.05, 0) is 38.5 Å².